The van der Waals surface area contributed by atoms with Crippen molar-refractivity contribution in [2.24, 2.45) is 0 Å². The van der Waals surface area contributed by atoms with Gasteiger partial charge in [-0.15, -0.1) is 0 Å². The number of aromatic nitrogens is 3. The minimum absolute atomic E-state index is 0.00316. The number of Topliss-reactive ketones (excluding diaryl/α,β-unsaturated/α-hetero) is 1. The monoisotopic (exact) mass is 493 g/mol. The Morgan fingerprint density at radius 2 is 2.03 bits per heavy atom. The van der Waals surface area contributed by atoms with Crippen LogP contribution in [0.3, 0.4) is 0 Å². The van der Waals surface area contributed by atoms with Crippen LogP contribution >= 0.6 is 0 Å². The Labute approximate surface area is 199 Å². The largest absolute Gasteiger partial charge is 0.368 e. The molecule has 3 heterocycles. The average Bonchev–Trinajstić information content (AvgIpc) is 3.45. The lowest BCUT2D eigenvalue weighted by Gasteiger charge is -2.29. The summed E-state index contributed by atoms with van der Waals surface area (Å²) in [7, 11) is -0.616. The number of aryl methyl sites for hydroxylation is 1. The zero-order valence-corrected chi connectivity index (χ0v) is 20.8. The molecule has 3 rings (SSSR count). The number of sulfonamides is 1. The van der Waals surface area contributed by atoms with Gasteiger partial charge < -0.3 is 20.1 Å². The number of hydrogen-bond donors (Lipinski definition) is 2. The molecule has 1 aliphatic heterocycles. The second-order valence-corrected chi connectivity index (χ2v) is 11.2. The highest BCUT2D eigenvalue weighted by Crippen LogP contribution is 2.21. The molecule has 0 saturated carbocycles. The first-order valence-electron chi connectivity index (χ1n) is 10.9. The minimum atomic E-state index is -3.54. The molecule has 1 atom stereocenters. The highest BCUT2D eigenvalue weighted by molar-refractivity contribution is 7.89. The molecule has 0 radical (unpaired) electrons. The van der Waals surface area contributed by atoms with Crippen LogP contribution in [-0.2, 0) is 14.8 Å². The van der Waals surface area contributed by atoms with Gasteiger partial charge >= 0.3 is 0 Å². The predicted octanol–water partition coefficient (Wildman–Crippen LogP) is 0.677. The number of amides is 1. The lowest BCUT2D eigenvalue weighted by atomic mass is 10.1. The summed E-state index contributed by atoms with van der Waals surface area (Å²) in [6, 6.07) is 2.50. The van der Waals surface area contributed by atoms with Crippen LogP contribution in [0.2, 0.25) is 0 Å². The zero-order chi connectivity index (χ0) is 25.1. The van der Waals surface area contributed by atoms with Crippen molar-refractivity contribution in [1.82, 2.24) is 29.6 Å². The summed E-state index contributed by atoms with van der Waals surface area (Å²) >= 11 is 0. The van der Waals surface area contributed by atoms with E-state index >= 15 is 0 Å². The molecule has 1 unspecified atom stereocenters. The van der Waals surface area contributed by atoms with Gasteiger partial charge in [-0.1, -0.05) is 5.16 Å². The first-order valence-corrected chi connectivity index (χ1v) is 12.4. The van der Waals surface area contributed by atoms with E-state index in [-0.39, 0.29) is 29.0 Å². The molecule has 34 heavy (non-hydrogen) atoms. The van der Waals surface area contributed by atoms with E-state index in [1.54, 1.807) is 17.9 Å². The summed E-state index contributed by atoms with van der Waals surface area (Å²) in [6.07, 6.45) is 2.60. The molecular weight excluding hydrogens is 462 g/mol. The van der Waals surface area contributed by atoms with Gasteiger partial charge in [0, 0.05) is 45.8 Å². The maximum absolute atomic E-state index is 12.9. The molecule has 1 amide bonds. The first-order chi connectivity index (χ1) is 15.9. The normalized spacial score (nSPS) is 16.8. The molecule has 0 aromatic carbocycles. The summed E-state index contributed by atoms with van der Waals surface area (Å²) in [4.78, 5) is 35.4. The van der Waals surface area contributed by atoms with E-state index in [2.05, 4.69) is 25.8 Å². The van der Waals surface area contributed by atoms with Crippen molar-refractivity contribution >= 4 is 27.5 Å². The lowest BCUT2D eigenvalue weighted by molar-refractivity contribution is -0.130. The summed E-state index contributed by atoms with van der Waals surface area (Å²) < 4.78 is 30.3. The number of nitrogens with zero attached hydrogens (tertiary/aromatic N) is 5. The van der Waals surface area contributed by atoms with Gasteiger partial charge in [0.2, 0.25) is 33.4 Å². The van der Waals surface area contributed by atoms with Crippen LogP contribution in [0.25, 0.3) is 0 Å². The number of anilines is 1. The van der Waals surface area contributed by atoms with Crippen molar-refractivity contribution in [3.05, 3.63) is 30.0 Å². The zero-order valence-electron chi connectivity index (χ0n) is 20.0. The van der Waals surface area contributed by atoms with E-state index in [0.29, 0.717) is 31.2 Å². The smallest absolute Gasteiger partial charge is 0.244 e. The second-order valence-electron chi connectivity index (χ2n) is 9.00. The molecule has 2 aromatic rings. The third-order valence-corrected chi connectivity index (χ3v) is 7.37. The molecule has 2 N–H and O–H groups in total. The van der Waals surface area contributed by atoms with E-state index < -0.39 is 21.6 Å². The number of rotatable bonds is 10. The maximum atomic E-state index is 12.9. The van der Waals surface area contributed by atoms with E-state index in [4.69, 9.17) is 4.52 Å². The molecule has 12 nitrogen and oxygen atoms in total. The van der Waals surface area contributed by atoms with Gasteiger partial charge in [0.05, 0.1) is 12.6 Å². The van der Waals surface area contributed by atoms with Crippen LogP contribution < -0.4 is 10.6 Å². The quantitative estimate of drug-likeness (QED) is 0.452. The Balaban J connectivity index is 1.53. The van der Waals surface area contributed by atoms with Crippen molar-refractivity contribution in [2.45, 2.75) is 50.1 Å². The van der Waals surface area contributed by atoms with Gasteiger partial charge in [0.1, 0.15) is 10.7 Å². The van der Waals surface area contributed by atoms with Crippen LogP contribution in [0.5, 0.6) is 0 Å². The second kappa shape index (κ2) is 10.2. The van der Waals surface area contributed by atoms with Gasteiger partial charge in [-0.05, 0) is 38.8 Å². The highest BCUT2D eigenvalue weighted by Gasteiger charge is 2.36. The topological polar surface area (TPSA) is 151 Å². The standard InChI is InChI=1S/C21H31N7O5S/c1-14-25-20(26-33-14)19(30)16-7-6-10-28(16)18(29)12-24-21(2,3)13-23-17-9-8-15(11-22-17)34(31,32)27(4)5/h8-9,11,16,24H,6-7,10,12-13H2,1-5H3,(H,22,23). The lowest BCUT2D eigenvalue weighted by Crippen LogP contribution is -2.51. The molecule has 0 bridgehead atoms. The van der Waals surface area contributed by atoms with Crippen molar-refractivity contribution in [3.63, 3.8) is 0 Å². The SMILES string of the molecule is Cc1nc(C(=O)C2CCCN2C(=O)CNC(C)(C)CNc2ccc(S(=O)(=O)N(C)C)cn2)no1. The third-order valence-electron chi connectivity index (χ3n) is 5.57. The third kappa shape index (κ3) is 5.96. The van der Waals surface area contributed by atoms with Crippen molar-refractivity contribution < 1.29 is 22.5 Å². The fraction of sp³-hybridized carbons (Fsp3) is 0.571. The van der Waals surface area contributed by atoms with E-state index in [0.717, 1.165) is 10.7 Å². The number of pyridine rings is 1. The summed E-state index contributed by atoms with van der Waals surface area (Å²) in [6.45, 7) is 6.43. The molecule has 1 saturated heterocycles. The first kappa shape index (κ1) is 25.7. The van der Waals surface area contributed by atoms with Crippen LogP contribution in [0.4, 0.5) is 5.82 Å². The van der Waals surface area contributed by atoms with Crippen molar-refractivity contribution in [2.75, 3.05) is 39.0 Å². The van der Waals surface area contributed by atoms with Crippen LogP contribution in [-0.4, -0.2) is 89.7 Å². The number of nitrogens with one attached hydrogen (secondary N) is 2. The Kier molecular flexibility index (Phi) is 7.68. The van der Waals surface area contributed by atoms with E-state index in [1.807, 2.05) is 13.8 Å². The summed E-state index contributed by atoms with van der Waals surface area (Å²) in [5, 5.41) is 10.0. The molecule has 0 aliphatic carbocycles. The minimum Gasteiger partial charge on any atom is -0.368 e. The van der Waals surface area contributed by atoms with Gasteiger partial charge in [0.25, 0.3) is 0 Å². The molecule has 2 aromatic heterocycles. The number of carbonyl (C=O) groups excluding carboxylic acids is 2. The molecule has 1 fully saturated rings. The van der Waals surface area contributed by atoms with Crippen molar-refractivity contribution in [3.8, 4) is 0 Å². The summed E-state index contributed by atoms with van der Waals surface area (Å²) in [5.74, 6) is 0.324. The predicted molar refractivity (Wildman–Crippen MR) is 124 cm³/mol. The van der Waals surface area contributed by atoms with E-state index in [9.17, 15) is 18.0 Å². The Morgan fingerprint density at radius 3 is 2.62 bits per heavy atom. The van der Waals surface area contributed by atoms with Crippen LogP contribution in [0.15, 0.2) is 27.7 Å². The van der Waals surface area contributed by atoms with Crippen molar-refractivity contribution in [1.29, 1.82) is 0 Å². The van der Waals surface area contributed by atoms with Crippen LogP contribution in [0.1, 0.15) is 43.2 Å². The van der Waals surface area contributed by atoms with E-state index in [1.165, 1.54) is 26.4 Å². The van der Waals surface area contributed by atoms with Gasteiger partial charge in [-0.25, -0.2) is 17.7 Å². The van der Waals surface area contributed by atoms with Gasteiger partial charge in [0.15, 0.2) is 0 Å². The number of carbonyl (C=O) groups is 2. The Morgan fingerprint density at radius 1 is 1.29 bits per heavy atom. The Bertz CT molecular complexity index is 1130. The number of likely N-dealkylation sites (tertiary alicyclic amines) is 1. The molecule has 13 heteroatoms. The Hall–Kier alpha value is -2.90. The molecule has 1 aliphatic rings. The highest BCUT2D eigenvalue weighted by atomic mass is 32.2. The molecule has 186 valence electrons. The fourth-order valence-corrected chi connectivity index (χ4v) is 4.37. The fourth-order valence-electron chi connectivity index (χ4n) is 3.52. The van der Waals surface area contributed by atoms with Gasteiger partial charge in [-0.2, -0.15) is 4.98 Å². The van der Waals surface area contributed by atoms with Gasteiger partial charge in [-0.3, -0.25) is 9.59 Å². The average molecular weight is 494 g/mol. The molecule has 0 spiro atoms. The number of ketones is 1. The molecular formula is C21H31N7O5S. The summed E-state index contributed by atoms with van der Waals surface area (Å²) in [5.41, 5.74) is -0.490. The van der Waals surface area contributed by atoms with Crippen LogP contribution in [0, 0.1) is 6.92 Å². The maximum Gasteiger partial charge on any atom is 0.244 e. The number of hydrogen-bond acceptors (Lipinski definition) is 10.